The van der Waals surface area contributed by atoms with E-state index in [0.717, 1.165) is 36.2 Å². The fourth-order valence-corrected chi connectivity index (χ4v) is 4.19. The first-order valence-corrected chi connectivity index (χ1v) is 9.34. The molecule has 1 N–H and O–H groups in total. The number of anilines is 2. The fourth-order valence-electron chi connectivity index (χ4n) is 4.19. The zero-order valence-electron chi connectivity index (χ0n) is 15.0. The molecule has 2 fully saturated rings. The van der Waals surface area contributed by atoms with Crippen LogP contribution in [0.1, 0.15) is 31.4 Å². The number of carbonyl (C=O) groups excluding carboxylic acids is 1. The molecule has 4 heterocycles. The van der Waals surface area contributed by atoms with Crippen LogP contribution in [0.4, 0.5) is 16.0 Å². The van der Waals surface area contributed by atoms with Crippen LogP contribution < -0.4 is 5.32 Å². The number of carbonyl (C=O) groups is 1. The van der Waals surface area contributed by atoms with Gasteiger partial charge >= 0.3 is 0 Å². The molecule has 1 amide bonds. The Morgan fingerprint density at radius 2 is 2.22 bits per heavy atom. The van der Waals surface area contributed by atoms with Crippen molar-refractivity contribution >= 4 is 23.1 Å². The van der Waals surface area contributed by atoms with E-state index in [1.54, 1.807) is 17.1 Å². The molecule has 2 aliphatic heterocycles. The van der Waals surface area contributed by atoms with Gasteiger partial charge in [-0.2, -0.15) is 5.10 Å². The summed E-state index contributed by atoms with van der Waals surface area (Å²) in [5.41, 5.74) is 2.83. The highest BCUT2D eigenvalue weighted by atomic mass is 19.1. The molecule has 0 radical (unpaired) electrons. The van der Waals surface area contributed by atoms with Gasteiger partial charge in [0.2, 0.25) is 11.9 Å². The van der Waals surface area contributed by atoms with Gasteiger partial charge in [-0.1, -0.05) is 6.08 Å². The van der Waals surface area contributed by atoms with E-state index in [9.17, 15) is 9.18 Å². The molecule has 27 heavy (non-hydrogen) atoms. The lowest BCUT2D eigenvalue weighted by atomic mass is 9.98. The predicted molar refractivity (Wildman–Crippen MR) is 97.8 cm³/mol. The van der Waals surface area contributed by atoms with E-state index in [0.29, 0.717) is 12.4 Å². The van der Waals surface area contributed by atoms with Crippen LogP contribution in [0.2, 0.25) is 0 Å². The van der Waals surface area contributed by atoms with E-state index in [2.05, 4.69) is 26.5 Å². The lowest BCUT2D eigenvalue weighted by Gasteiger charge is -2.34. The summed E-state index contributed by atoms with van der Waals surface area (Å²) < 4.78 is 15.0. The lowest BCUT2D eigenvalue weighted by molar-refractivity contribution is -0.135. The summed E-state index contributed by atoms with van der Waals surface area (Å²) in [6.45, 7) is 0. The molecule has 4 atom stereocenters. The van der Waals surface area contributed by atoms with E-state index < -0.39 is 12.1 Å². The molecule has 0 unspecified atom stereocenters. The molecule has 1 saturated heterocycles. The van der Waals surface area contributed by atoms with Crippen LogP contribution in [0.5, 0.6) is 0 Å². The van der Waals surface area contributed by atoms with Gasteiger partial charge < -0.3 is 10.2 Å². The maximum absolute atomic E-state index is 13.3. The van der Waals surface area contributed by atoms with Crippen molar-refractivity contribution in [2.75, 3.05) is 5.32 Å². The monoisotopic (exact) mass is 368 g/mol. The summed E-state index contributed by atoms with van der Waals surface area (Å²) in [5, 5.41) is 7.28. The number of aromatic nitrogens is 4. The van der Waals surface area contributed by atoms with Crippen molar-refractivity contribution in [2.45, 2.75) is 43.9 Å². The van der Waals surface area contributed by atoms with E-state index >= 15 is 0 Å². The van der Waals surface area contributed by atoms with Gasteiger partial charge in [-0.05, 0) is 37.3 Å². The molecular weight excluding hydrogens is 347 g/mol. The second-order valence-corrected chi connectivity index (χ2v) is 7.59. The minimum absolute atomic E-state index is 0.00748. The minimum atomic E-state index is -0.940. The molecule has 0 aromatic carbocycles. The molecule has 0 spiro atoms. The normalized spacial score (nSPS) is 28.8. The van der Waals surface area contributed by atoms with Crippen molar-refractivity contribution in [3.63, 3.8) is 0 Å². The third kappa shape index (κ3) is 2.98. The number of halogens is 1. The molecule has 3 aliphatic rings. The maximum Gasteiger partial charge on any atom is 0.229 e. The van der Waals surface area contributed by atoms with Crippen molar-refractivity contribution in [2.24, 2.45) is 13.0 Å². The van der Waals surface area contributed by atoms with Gasteiger partial charge in [0.05, 0.1) is 29.5 Å². The lowest BCUT2D eigenvalue weighted by Crippen LogP contribution is -2.44. The topological polar surface area (TPSA) is 75.9 Å². The minimum Gasteiger partial charge on any atom is -0.333 e. The first kappa shape index (κ1) is 16.4. The molecule has 1 saturated carbocycles. The first-order chi connectivity index (χ1) is 13.1. The van der Waals surface area contributed by atoms with E-state index in [1.807, 2.05) is 24.2 Å². The number of alkyl halides is 1. The summed E-state index contributed by atoms with van der Waals surface area (Å²) in [7, 11) is 1.85. The Bertz CT molecular complexity index is 924. The van der Waals surface area contributed by atoms with Crippen LogP contribution in [-0.2, 0) is 11.8 Å². The molecular formula is C19H21FN6O. The number of nitrogens with zero attached hydrogens (tertiary/aromatic N) is 5. The summed E-state index contributed by atoms with van der Waals surface area (Å²) in [6.07, 6.45) is 9.56. The highest BCUT2D eigenvalue weighted by molar-refractivity contribution is 5.84. The molecule has 2 bridgehead atoms. The van der Waals surface area contributed by atoms with Crippen molar-refractivity contribution in [1.82, 2.24) is 24.6 Å². The number of rotatable bonds is 4. The smallest absolute Gasteiger partial charge is 0.229 e. The Labute approximate surface area is 156 Å². The summed E-state index contributed by atoms with van der Waals surface area (Å²) >= 11 is 0. The maximum atomic E-state index is 13.3. The van der Waals surface area contributed by atoms with E-state index in [1.165, 1.54) is 0 Å². The zero-order valence-corrected chi connectivity index (χ0v) is 15.0. The number of aryl methyl sites for hydroxylation is 1. The fraction of sp³-hybridized carbons (Fsp3) is 0.474. The Morgan fingerprint density at radius 1 is 1.37 bits per heavy atom. The number of fused-ring (bicyclic) bond motifs is 2. The van der Waals surface area contributed by atoms with Crippen molar-refractivity contribution in [1.29, 1.82) is 0 Å². The van der Waals surface area contributed by atoms with Crippen LogP contribution in [0.15, 0.2) is 30.7 Å². The van der Waals surface area contributed by atoms with Gasteiger partial charge in [0.25, 0.3) is 0 Å². The first-order valence-electron chi connectivity index (χ1n) is 9.34. The summed E-state index contributed by atoms with van der Waals surface area (Å²) in [6, 6.07) is 2.11. The molecule has 2 aromatic heterocycles. The van der Waals surface area contributed by atoms with Gasteiger partial charge in [-0.3, -0.25) is 9.48 Å². The predicted octanol–water partition coefficient (Wildman–Crippen LogP) is 2.46. The molecule has 8 heteroatoms. The highest BCUT2D eigenvalue weighted by Crippen LogP contribution is 2.43. The van der Waals surface area contributed by atoms with E-state index in [-0.39, 0.29) is 18.0 Å². The average molecular weight is 368 g/mol. The molecule has 1 aliphatic carbocycles. The zero-order chi connectivity index (χ0) is 18.5. The van der Waals surface area contributed by atoms with Crippen LogP contribution in [0.25, 0.3) is 5.57 Å². The summed E-state index contributed by atoms with van der Waals surface area (Å²) in [5.74, 6) is 0.106. The van der Waals surface area contributed by atoms with Gasteiger partial charge in [-0.15, -0.1) is 0 Å². The second-order valence-electron chi connectivity index (χ2n) is 7.59. The number of amides is 1. The van der Waals surface area contributed by atoms with Crippen LogP contribution in [-0.4, -0.2) is 48.8 Å². The number of nitrogens with one attached hydrogen (secondary N) is 1. The molecule has 5 rings (SSSR count). The highest BCUT2D eigenvalue weighted by Gasteiger charge is 2.50. The van der Waals surface area contributed by atoms with Crippen LogP contribution in [0.3, 0.4) is 0 Å². The van der Waals surface area contributed by atoms with Crippen LogP contribution in [0, 0.1) is 5.92 Å². The molecule has 140 valence electrons. The van der Waals surface area contributed by atoms with Gasteiger partial charge in [0.15, 0.2) is 0 Å². The van der Waals surface area contributed by atoms with Crippen molar-refractivity contribution in [3.05, 3.63) is 36.4 Å². The van der Waals surface area contributed by atoms with Crippen molar-refractivity contribution in [3.8, 4) is 0 Å². The Morgan fingerprint density at radius 3 is 2.93 bits per heavy atom. The Kier molecular flexibility index (Phi) is 3.73. The SMILES string of the molecule is Cn1cc(Nc2nccc(C3=C[C@@H]4CC[C@H](C3)N4C(=O)[C@@H]3C[C@H]3F)n2)cn1. The third-order valence-electron chi connectivity index (χ3n) is 5.63. The van der Waals surface area contributed by atoms with Gasteiger partial charge in [-0.25, -0.2) is 14.4 Å². The van der Waals surface area contributed by atoms with E-state index in [4.69, 9.17) is 0 Å². The largest absolute Gasteiger partial charge is 0.333 e. The molecule has 2 aromatic rings. The molecule has 7 nitrogen and oxygen atoms in total. The Hall–Kier alpha value is -2.77. The van der Waals surface area contributed by atoms with Gasteiger partial charge in [0, 0.05) is 25.5 Å². The number of hydrogen-bond donors (Lipinski definition) is 1. The average Bonchev–Trinajstić information content (AvgIpc) is 3.16. The van der Waals surface area contributed by atoms with Gasteiger partial charge in [0.1, 0.15) is 6.17 Å². The standard InChI is InChI=1S/C19H21FN6O/c1-25-10-12(9-22-25)23-19-21-5-4-17(24-19)11-6-13-2-3-14(7-11)26(13)18(27)15-8-16(15)20/h4-6,9-10,13-16H,2-3,7-8H2,1H3,(H,21,23,24)/t13-,14+,15+,16+/m0/s1. The van der Waals surface area contributed by atoms with Crippen molar-refractivity contribution < 1.29 is 9.18 Å². The Balaban J connectivity index is 1.36. The summed E-state index contributed by atoms with van der Waals surface area (Å²) in [4.78, 5) is 23.4. The second kappa shape index (κ2) is 6.14. The van der Waals surface area contributed by atoms with Crippen LogP contribution >= 0.6 is 0 Å². The number of hydrogen-bond acceptors (Lipinski definition) is 5. The quantitative estimate of drug-likeness (QED) is 0.897. The third-order valence-corrected chi connectivity index (χ3v) is 5.63.